The van der Waals surface area contributed by atoms with E-state index in [1.54, 1.807) is 0 Å². The van der Waals surface area contributed by atoms with Crippen LogP contribution in [0.25, 0.3) is 11.3 Å². The van der Waals surface area contributed by atoms with Gasteiger partial charge in [-0.15, -0.1) is 0 Å². The van der Waals surface area contributed by atoms with Crippen molar-refractivity contribution in [3.63, 3.8) is 0 Å². The molecule has 1 aromatic carbocycles. The van der Waals surface area contributed by atoms with Gasteiger partial charge in [0.2, 0.25) is 0 Å². The molecule has 0 unspecified atom stereocenters. The van der Waals surface area contributed by atoms with Gasteiger partial charge in [-0.1, -0.05) is 37.3 Å². The average molecular weight is 298 g/mol. The largest absolute Gasteiger partial charge is 0.310 e. The summed E-state index contributed by atoms with van der Waals surface area (Å²) in [5.74, 6) is 0. The van der Waals surface area contributed by atoms with Crippen LogP contribution in [0.1, 0.15) is 31.7 Å². The Hall–Kier alpha value is -1.65. The maximum Gasteiger partial charge on any atom is 0.0695 e. The number of aromatic nitrogens is 2. The number of likely N-dealkylation sites (tertiary alicyclic amines) is 1. The molecular weight excluding hydrogens is 272 g/mol. The van der Waals surface area contributed by atoms with Crippen LogP contribution >= 0.6 is 0 Å². The zero-order valence-electron chi connectivity index (χ0n) is 13.4. The second-order valence-electron chi connectivity index (χ2n) is 6.13. The van der Waals surface area contributed by atoms with Gasteiger partial charge in [0, 0.05) is 18.2 Å². The van der Waals surface area contributed by atoms with E-state index < -0.39 is 0 Å². The maximum atomic E-state index is 4.23. The first kappa shape index (κ1) is 15.3. The van der Waals surface area contributed by atoms with Gasteiger partial charge in [0.15, 0.2) is 0 Å². The molecule has 0 spiro atoms. The minimum absolute atomic E-state index is 0.631. The lowest BCUT2D eigenvalue weighted by molar-refractivity contribution is 0.197. The molecule has 0 saturated carbocycles. The van der Waals surface area contributed by atoms with Crippen molar-refractivity contribution in [2.75, 3.05) is 19.6 Å². The van der Waals surface area contributed by atoms with E-state index >= 15 is 0 Å². The standard InChI is InChI=1S/C18H26N4/c1-2-10-22-11-8-17(9-12-22)19-13-16-14-20-21-18(16)15-6-4-3-5-7-15/h3-7,14,17,19H,2,8-13H2,1H3,(H,20,21). The fourth-order valence-electron chi connectivity index (χ4n) is 3.23. The van der Waals surface area contributed by atoms with Gasteiger partial charge < -0.3 is 10.2 Å². The smallest absolute Gasteiger partial charge is 0.0695 e. The van der Waals surface area contributed by atoms with Gasteiger partial charge in [-0.05, 0) is 44.5 Å². The molecule has 22 heavy (non-hydrogen) atoms. The minimum Gasteiger partial charge on any atom is -0.310 e. The third-order valence-corrected chi connectivity index (χ3v) is 4.49. The molecule has 1 aliphatic heterocycles. The molecule has 1 fully saturated rings. The van der Waals surface area contributed by atoms with E-state index in [1.807, 2.05) is 12.3 Å². The van der Waals surface area contributed by atoms with Gasteiger partial charge in [-0.2, -0.15) is 5.10 Å². The molecular formula is C18H26N4. The molecule has 2 aromatic rings. The molecule has 4 heteroatoms. The number of nitrogens with one attached hydrogen (secondary N) is 2. The summed E-state index contributed by atoms with van der Waals surface area (Å²) < 4.78 is 0. The highest BCUT2D eigenvalue weighted by Gasteiger charge is 2.18. The summed E-state index contributed by atoms with van der Waals surface area (Å²) in [6.45, 7) is 6.84. The van der Waals surface area contributed by atoms with Crippen molar-refractivity contribution in [1.29, 1.82) is 0 Å². The summed E-state index contributed by atoms with van der Waals surface area (Å²) in [7, 11) is 0. The monoisotopic (exact) mass is 298 g/mol. The summed E-state index contributed by atoms with van der Waals surface area (Å²) in [5.41, 5.74) is 3.59. The number of hydrogen-bond donors (Lipinski definition) is 2. The molecule has 0 radical (unpaired) electrons. The second kappa shape index (κ2) is 7.56. The number of rotatable bonds is 6. The molecule has 3 rings (SSSR count). The van der Waals surface area contributed by atoms with Crippen LogP contribution in [0.4, 0.5) is 0 Å². The zero-order valence-corrected chi connectivity index (χ0v) is 13.4. The third kappa shape index (κ3) is 3.76. The van der Waals surface area contributed by atoms with Crippen LogP contribution in [0.2, 0.25) is 0 Å². The van der Waals surface area contributed by atoms with Crippen molar-refractivity contribution in [3.8, 4) is 11.3 Å². The van der Waals surface area contributed by atoms with Crippen LogP contribution in [0, 0.1) is 0 Å². The van der Waals surface area contributed by atoms with Crippen molar-refractivity contribution in [3.05, 3.63) is 42.1 Å². The Morgan fingerprint density at radius 2 is 2.00 bits per heavy atom. The number of hydrogen-bond acceptors (Lipinski definition) is 3. The number of benzene rings is 1. The summed E-state index contributed by atoms with van der Waals surface area (Å²) in [6, 6.07) is 11.1. The molecule has 1 aliphatic rings. The van der Waals surface area contributed by atoms with Crippen LogP contribution in [0.3, 0.4) is 0 Å². The Morgan fingerprint density at radius 1 is 1.23 bits per heavy atom. The first-order valence-corrected chi connectivity index (χ1v) is 8.40. The van der Waals surface area contributed by atoms with Crippen LogP contribution in [-0.2, 0) is 6.54 Å². The van der Waals surface area contributed by atoms with Crippen molar-refractivity contribution in [2.45, 2.75) is 38.8 Å². The predicted octanol–water partition coefficient (Wildman–Crippen LogP) is 3.04. The topological polar surface area (TPSA) is 44.0 Å². The van der Waals surface area contributed by atoms with E-state index in [0.717, 1.165) is 12.2 Å². The Labute approximate surface area is 132 Å². The van der Waals surface area contributed by atoms with Gasteiger partial charge >= 0.3 is 0 Å². The lowest BCUT2D eigenvalue weighted by Gasteiger charge is -2.32. The van der Waals surface area contributed by atoms with Crippen molar-refractivity contribution in [1.82, 2.24) is 20.4 Å². The van der Waals surface area contributed by atoms with E-state index in [1.165, 1.54) is 50.0 Å². The second-order valence-corrected chi connectivity index (χ2v) is 6.13. The van der Waals surface area contributed by atoms with Gasteiger partial charge in [0.1, 0.15) is 0 Å². The van der Waals surface area contributed by atoms with Crippen LogP contribution < -0.4 is 5.32 Å². The normalized spacial score (nSPS) is 17.0. The van der Waals surface area contributed by atoms with E-state index in [-0.39, 0.29) is 0 Å². The highest BCUT2D eigenvalue weighted by atomic mass is 15.1. The van der Waals surface area contributed by atoms with E-state index in [2.05, 4.69) is 51.6 Å². The Bertz CT molecular complexity index is 555. The molecule has 1 saturated heterocycles. The fourth-order valence-corrected chi connectivity index (χ4v) is 3.23. The average Bonchev–Trinajstić information content (AvgIpc) is 3.04. The molecule has 0 aliphatic carbocycles. The van der Waals surface area contributed by atoms with Crippen molar-refractivity contribution in [2.24, 2.45) is 0 Å². The number of nitrogens with zero attached hydrogens (tertiary/aromatic N) is 2. The molecule has 0 atom stereocenters. The van der Waals surface area contributed by atoms with Crippen LogP contribution in [-0.4, -0.2) is 40.8 Å². The Morgan fingerprint density at radius 3 is 2.73 bits per heavy atom. The van der Waals surface area contributed by atoms with E-state index in [9.17, 15) is 0 Å². The first-order valence-electron chi connectivity index (χ1n) is 8.40. The van der Waals surface area contributed by atoms with E-state index in [0.29, 0.717) is 6.04 Å². The lowest BCUT2D eigenvalue weighted by atomic mass is 10.0. The quantitative estimate of drug-likeness (QED) is 0.861. The maximum absolute atomic E-state index is 4.23. The summed E-state index contributed by atoms with van der Waals surface area (Å²) in [4.78, 5) is 2.57. The molecule has 1 aromatic heterocycles. The van der Waals surface area contributed by atoms with Crippen molar-refractivity contribution >= 4 is 0 Å². The first-order chi connectivity index (χ1) is 10.9. The Balaban J connectivity index is 1.54. The summed E-state index contributed by atoms with van der Waals surface area (Å²) in [5, 5.41) is 11.1. The highest BCUT2D eigenvalue weighted by Crippen LogP contribution is 2.21. The molecule has 0 amide bonds. The third-order valence-electron chi connectivity index (χ3n) is 4.49. The SMILES string of the molecule is CCCN1CCC(NCc2cn[nH]c2-c2ccccc2)CC1. The molecule has 0 bridgehead atoms. The van der Waals surface area contributed by atoms with Gasteiger partial charge in [-0.25, -0.2) is 0 Å². The highest BCUT2D eigenvalue weighted by molar-refractivity contribution is 5.62. The van der Waals surface area contributed by atoms with Crippen LogP contribution in [0.5, 0.6) is 0 Å². The summed E-state index contributed by atoms with van der Waals surface area (Å²) in [6.07, 6.45) is 5.70. The molecule has 118 valence electrons. The van der Waals surface area contributed by atoms with Crippen LogP contribution in [0.15, 0.2) is 36.5 Å². The number of piperidine rings is 1. The predicted molar refractivity (Wildman–Crippen MR) is 90.6 cm³/mol. The van der Waals surface area contributed by atoms with Gasteiger partial charge in [-0.3, -0.25) is 5.10 Å². The number of H-pyrrole nitrogens is 1. The van der Waals surface area contributed by atoms with Gasteiger partial charge in [0.05, 0.1) is 11.9 Å². The molecule has 4 nitrogen and oxygen atoms in total. The number of aromatic amines is 1. The molecule has 2 N–H and O–H groups in total. The Kier molecular flexibility index (Phi) is 5.24. The minimum atomic E-state index is 0.631. The lowest BCUT2D eigenvalue weighted by Crippen LogP contribution is -2.42. The van der Waals surface area contributed by atoms with Gasteiger partial charge in [0.25, 0.3) is 0 Å². The zero-order chi connectivity index (χ0) is 15.2. The fraction of sp³-hybridized carbons (Fsp3) is 0.500. The van der Waals surface area contributed by atoms with Crippen molar-refractivity contribution < 1.29 is 0 Å². The van der Waals surface area contributed by atoms with E-state index in [4.69, 9.17) is 0 Å². The summed E-state index contributed by atoms with van der Waals surface area (Å²) >= 11 is 0. The molecule has 2 heterocycles.